The first-order valence-corrected chi connectivity index (χ1v) is 13.0. The van der Waals surface area contributed by atoms with E-state index in [0.29, 0.717) is 6.04 Å². The van der Waals surface area contributed by atoms with Crippen molar-refractivity contribution in [3.8, 4) is 0 Å². The van der Waals surface area contributed by atoms with Gasteiger partial charge in [-0.15, -0.1) is 18.8 Å². The molecule has 2 aromatic carbocycles. The SMILES string of the molecule is CC(c1ccc[c-]1P(C1CCCCC1)C1CCCCC1)N(C)C.[Fe].[cH-]1[cH-][cH-][cH-][cH-]1. The van der Waals surface area contributed by atoms with E-state index in [1.807, 2.05) is 30.3 Å². The Kier molecular flexibility index (Phi) is 11.2. The van der Waals surface area contributed by atoms with E-state index in [4.69, 9.17) is 0 Å². The van der Waals surface area contributed by atoms with Gasteiger partial charge in [-0.2, -0.15) is 6.07 Å². The molecule has 0 amide bonds. The molecule has 29 heavy (non-hydrogen) atoms. The average molecular weight is 453 g/mol. The summed E-state index contributed by atoms with van der Waals surface area (Å²) in [5.74, 6) is 0. The minimum atomic E-state index is 0. The molecule has 1 unspecified atom stereocenters. The average Bonchev–Trinajstić information content (AvgIpc) is 3.45. The summed E-state index contributed by atoms with van der Waals surface area (Å²) < 4.78 is 0. The first kappa shape index (κ1) is 24.9. The van der Waals surface area contributed by atoms with E-state index in [1.54, 1.807) is 10.9 Å². The number of hydrogen-bond donors (Lipinski definition) is 0. The summed E-state index contributed by atoms with van der Waals surface area (Å²) in [5, 5.41) is 1.78. The van der Waals surface area contributed by atoms with E-state index >= 15 is 0 Å². The second kappa shape index (κ2) is 13.1. The van der Waals surface area contributed by atoms with Gasteiger partial charge >= 0.3 is 0 Å². The second-order valence-electron chi connectivity index (χ2n) is 8.96. The molecule has 2 aliphatic rings. The summed E-state index contributed by atoms with van der Waals surface area (Å²) in [5.41, 5.74) is 3.66. The normalized spacial score (nSPS) is 19.5. The molecule has 3 heteroatoms. The predicted octanol–water partition coefficient (Wildman–Crippen LogP) is 7.20. The van der Waals surface area contributed by atoms with E-state index in [-0.39, 0.29) is 25.0 Å². The van der Waals surface area contributed by atoms with E-state index in [2.05, 4.69) is 44.1 Å². The van der Waals surface area contributed by atoms with E-state index in [1.165, 1.54) is 64.2 Å². The Hall–Kier alpha value is -0.391. The Morgan fingerprint density at radius 2 is 1.31 bits per heavy atom. The van der Waals surface area contributed by atoms with Gasteiger partial charge in [0.2, 0.25) is 0 Å². The molecule has 0 N–H and O–H groups in total. The van der Waals surface area contributed by atoms with Crippen LogP contribution in [0.5, 0.6) is 0 Å². The fourth-order valence-corrected chi connectivity index (χ4v) is 9.07. The second-order valence-corrected chi connectivity index (χ2v) is 11.7. The Balaban J connectivity index is 0.000000437. The van der Waals surface area contributed by atoms with Gasteiger partial charge in [-0.05, 0) is 58.0 Å². The largest absolute Gasteiger partial charge is 0.748 e. The molecule has 1 nitrogen and oxygen atoms in total. The zero-order valence-electron chi connectivity index (χ0n) is 18.7. The van der Waals surface area contributed by atoms with Crippen LogP contribution in [0.1, 0.15) is 82.7 Å². The van der Waals surface area contributed by atoms with Crippen LogP contribution in [0.2, 0.25) is 0 Å². The molecular formula is C26H40FeNP-6. The maximum Gasteiger partial charge on any atom is 0.00892 e. The van der Waals surface area contributed by atoms with Crippen molar-refractivity contribution in [2.75, 3.05) is 14.1 Å². The van der Waals surface area contributed by atoms with Gasteiger partial charge in [-0.25, -0.2) is 12.1 Å². The minimum Gasteiger partial charge on any atom is -0.748 e. The third-order valence-electron chi connectivity index (χ3n) is 6.82. The summed E-state index contributed by atoms with van der Waals surface area (Å²) in [6, 6.07) is 17.8. The molecule has 0 aromatic heterocycles. The molecule has 2 aliphatic carbocycles. The van der Waals surface area contributed by atoms with E-state index in [0.717, 1.165) is 11.3 Å². The summed E-state index contributed by atoms with van der Waals surface area (Å²) in [7, 11) is 4.49. The summed E-state index contributed by atoms with van der Waals surface area (Å²) in [6.45, 7) is 2.38. The maximum absolute atomic E-state index is 2.50. The quantitative estimate of drug-likeness (QED) is 0.263. The van der Waals surface area contributed by atoms with Crippen molar-refractivity contribution in [3.05, 3.63) is 54.1 Å². The third-order valence-corrected chi connectivity index (χ3v) is 10.4. The van der Waals surface area contributed by atoms with Gasteiger partial charge in [0.25, 0.3) is 0 Å². The van der Waals surface area contributed by atoms with E-state index in [9.17, 15) is 0 Å². The number of nitrogens with zero attached hydrogens (tertiary/aromatic N) is 1. The molecule has 1 atom stereocenters. The molecule has 0 heterocycles. The molecule has 2 fully saturated rings. The molecule has 0 radical (unpaired) electrons. The Bertz CT molecular complexity index is 600. The van der Waals surface area contributed by atoms with Crippen molar-refractivity contribution in [1.29, 1.82) is 0 Å². The fraction of sp³-hybridized carbons (Fsp3) is 0.615. The zero-order valence-corrected chi connectivity index (χ0v) is 20.7. The van der Waals surface area contributed by atoms with Gasteiger partial charge in [-0.3, -0.25) is 0 Å². The van der Waals surface area contributed by atoms with Gasteiger partial charge in [0.05, 0.1) is 0 Å². The van der Waals surface area contributed by atoms with Crippen molar-refractivity contribution in [2.24, 2.45) is 0 Å². The number of hydrogen-bond acceptors (Lipinski definition) is 1. The monoisotopic (exact) mass is 453 g/mol. The molecule has 0 bridgehead atoms. The van der Waals surface area contributed by atoms with Crippen LogP contribution < -0.4 is 5.30 Å². The summed E-state index contributed by atoms with van der Waals surface area (Å²) in [4.78, 5) is 2.38. The van der Waals surface area contributed by atoms with Crippen molar-refractivity contribution in [3.63, 3.8) is 0 Å². The summed E-state index contributed by atoms with van der Waals surface area (Å²) >= 11 is 0. The molecule has 2 saturated carbocycles. The smallest absolute Gasteiger partial charge is 0.00892 e. The predicted molar refractivity (Wildman–Crippen MR) is 126 cm³/mol. The fourth-order valence-electron chi connectivity index (χ4n) is 5.02. The van der Waals surface area contributed by atoms with Crippen LogP contribution in [0, 0.1) is 0 Å². The van der Waals surface area contributed by atoms with Crippen LogP contribution in [0.3, 0.4) is 0 Å². The van der Waals surface area contributed by atoms with Gasteiger partial charge in [0.15, 0.2) is 0 Å². The summed E-state index contributed by atoms with van der Waals surface area (Å²) in [6.07, 6.45) is 14.9. The topological polar surface area (TPSA) is 3.24 Å². The zero-order chi connectivity index (χ0) is 19.8. The van der Waals surface area contributed by atoms with Gasteiger partial charge < -0.3 is 35.2 Å². The molecule has 0 spiro atoms. The molecule has 4 rings (SSSR count). The standard InChI is InChI=1S/C21H35NP.C5H5.Fe/c1-17(22(2)3)20-15-10-16-21(20)23(18-11-6-4-7-12-18)19-13-8-5-9-14-19;1-2-4-5-3-1;/h10,15-19H,4-9,11-14H2,1-3H3;1-5H;/q-1;-5;. The van der Waals surface area contributed by atoms with Crippen LogP contribution in [0.25, 0.3) is 0 Å². The van der Waals surface area contributed by atoms with Gasteiger partial charge in [-0.1, -0.05) is 38.5 Å². The van der Waals surface area contributed by atoms with Gasteiger partial charge in [0, 0.05) is 23.1 Å². The van der Waals surface area contributed by atoms with Crippen molar-refractivity contribution >= 4 is 13.2 Å². The Labute approximate surface area is 191 Å². The van der Waals surface area contributed by atoms with Crippen molar-refractivity contribution < 1.29 is 17.1 Å². The number of rotatable bonds is 5. The van der Waals surface area contributed by atoms with E-state index < -0.39 is 0 Å². The van der Waals surface area contributed by atoms with Crippen LogP contribution in [0.4, 0.5) is 0 Å². The third kappa shape index (κ3) is 7.07. The van der Waals surface area contributed by atoms with Crippen LogP contribution in [0.15, 0.2) is 48.5 Å². The molecular weight excluding hydrogens is 413 g/mol. The Morgan fingerprint density at radius 3 is 1.72 bits per heavy atom. The first-order chi connectivity index (χ1) is 13.7. The molecule has 168 valence electrons. The van der Waals surface area contributed by atoms with Crippen LogP contribution in [-0.2, 0) is 17.1 Å². The van der Waals surface area contributed by atoms with Crippen LogP contribution >= 0.6 is 7.92 Å². The molecule has 2 aromatic rings. The molecule has 0 saturated heterocycles. The van der Waals surface area contributed by atoms with Crippen molar-refractivity contribution in [1.82, 2.24) is 4.90 Å². The maximum atomic E-state index is 2.50. The Morgan fingerprint density at radius 1 is 0.862 bits per heavy atom. The van der Waals surface area contributed by atoms with Crippen molar-refractivity contribution in [2.45, 2.75) is 88.5 Å². The minimum absolute atomic E-state index is 0. The van der Waals surface area contributed by atoms with Crippen LogP contribution in [-0.4, -0.2) is 30.3 Å². The molecule has 0 aliphatic heterocycles. The first-order valence-electron chi connectivity index (χ1n) is 11.6. The van der Waals surface area contributed by atoms with Gasteiger partial charge in [0.1, 0.15) is 0 Å².